The van der Waals surface area contributed by atoms with Gasteiger partial charge in [0, 0.05) is 0 Å². The summed E-state index contributed by atoms with van der Waals surface area (Å²) in [6.07, 6.45) is 3.87. The van der Waals surface area contributed by atoms with Crippen LogP contribution in [0.15, 0.2) is 18.2 Å². The fourth-order valence-electron chi connectivity index (χ4n) is 1.88. The Balaban J connectivity index is 0.00000225. The SMILES string of the molecule is CCCc1cccc(C(=O)O)c1CCC.N. The normalized spacial score (nSPS) is 9.62. The quantitative estimate of drug-likeness (QED) is 0.803. The Bertz CT molecular complexity index is 348. The van der Waals surface area contributed by atoms with E-state index in [4.69, 9.17) is 5.11 Å². The predicted octanol–water partition coefficient (Wildman–Crippen LogP) is 3.45. The van der Waals surface area contributed by atoms with Crippen molar-refractivity contribution in [3.63, 3.8) is 0 Å². The van der Waals surface area contributed by atoms with E-state index in [1.807, 2.05) is 12.1 Å². The van der Waals surface area contributed by atoms with Crippen LogP contribution in [-0.4, -0.2) is 11.1 Å². The molecule has 16 heavy (non-hydrogen) atoms. The van der Waals surface area contributed by atoms with E-state index in [0.717, 1.165) is 31.2 Å². The molecule has 0 saturated carbocycles. The molecular formula is C13H21NO2. The lowest BCUT2D eigenvalue weighted by Crippen LogP contribution is -2.05. The van der Waals surface area contributed by atoms with Crippen LogP contribution in [0.1, 0.15) is 48.2 Å². The van der Waals surface area contributed by atoms with Gasteiger partial charge in [-0.3, -0.25) is 0 Å². The maximum absolute atomic E-state index is 11.1. The summed E-state index contributed by atoms with van der Waals surface area (Å²) in [7, 11) is 0. The molecule has 1 aromatic rings. The number of benzene rings is 1. The maximum atomic E-state index is 11.1. The smallest absolute Gasteiger partial charge is 0.335 e. The number of hydrogen-bond donors (Lipinski definition) is 2. The molecule has 0 radical (unpaired) electrons. The number of carbonyl (C=O) groups is 1. The van der Waals surface area contributed by atoms with Crippen molar-refractivity contribution < 1.29 is 9.90 Å². The first-order valence-corrected chi connectivity index (χ1v) is 5.54. The van der Waals surface area contributed by atoms with Crippen LogP contribution in [0, 0.1) is 0 Å². The molecule has 1 rings (SSSR count). The highest BCUT2D eigenvalue weighted by Gasteiger charge is 2.12. The van der Waals surface area contributed by atoms with Crippen molar-refractivity contribution in [3.8, 4) is 0 Å². The summed E-state index contributed by atoms with van der Waals surface area (Å²) in [6.45, 7) is 4.19. The van der Waals surface area contributed by atoms with E-state index in [9.17, 15) is 4.79 Å². The van der Waals surface area contributed by atoms with E-state index < -0.39 is 5.97 Å². The third kappa shape index (κ3) is 3.35. The van der Waals surface area contributed by atoms with E-state index in [1.54, 1.807) is 6.07 Å². The fourth-order valence-corrected chi connectivity index (χ4v) is 1.88. The Hall–Kier alpha value is -1.35. The van der Waals surface area contributed by atoms with Crippen LogP contribution in [0.5, 0.6) is 0 Å². The Morgan fingerprint density at radius 1 is 1.19 bits per heavy atom. The summed E-state index contributed by atoms with van der Waals surface area (Å²) in [5, 5.41) is 9.08. The average Bonchev–Trinajstić information content (AvgIpc) is 2.21. The van der Waals surface area contributed by atoms with Crippen LogP contribution in [0.3, 0.4) is 0 Å². The molecule has 0 fully saturated rings. The highest BCUT2D eigenvalue weighted by Crippen LogP contribution is 2.18. The number of rotatable bonds is 5. The van der Waals surface area contributed by atoms with E-state index in [1.165, 1.54) is 5.56 Å². The van der Waals surface area contributed by atoms with Crippen molar-refractivity contribution in [2.45, 2.75) is 39.5 Å². The number of aromatic carboxylic acids is 1. The molecule has 0 saturated heterocycles. The van der Waals surface area contributed by atoms with Crippen LogP contribution < -0.4 is 6.15 Å². The highest BCUT2D eigenvalue weighted by atomic mass is 16.4. The topological polar surface area (TPSA) is 72.3 Å². The molecule has 0 heterocycles. The Morgan fingerprint density at radius 3 is 2.31 bits per heavy atom. The van der Waals surface area contributed by atoms with Crippen molar-refractivity contribution in [1.29, 1.82) is 0 Å². The van der Waals surface area contributed by atoms with E-state index in [-0.39, 0.29) is 6.15 Å². The summed E-state index contributed by atoms with van der Waals surface area (Å²) >= 11 is 0. The number of carboxylic acids is 1. The van der Waals surface area contributed by atoms with Crippen molar-refractivity contribution in [3.05, 3.63) is 34.9 Å². The van der Waals surface area contributed by atoms with Crippen LogP contribution in [0.2, 0.25) is 0 Å². The first kappa shape index (κ1) is 14.6. The molecule has 0 amide bonds. The molecule has 0 atom stereocenters. The first-order chi connectivity index (χ1) is 7.20. The second kappa shape index (κ2) is 7.01. The van der Waals surface area contributed by atoms with Gasteiger partial charge in [0.05, 0.1) is 5.56 Å². The average molecular weight is 223 g/mol. The molecule has 0 bridgehead atoms. The molecule has 0 aliphatic rings. The first-order valence-electron chi connectivity index (χ1n) is 5.54. The fraction of sp³-hybridized carbons (Fsp3) is 0.462. The van der Waals surface area contributed by atoms with Gasteiger partial charge in [-0.25, -0.2) is 4.79 Å². The molecule has 0 aromatic heterocycles. The standard InChI is InChI=1S/C13H18O2.H3N/c1-3-6-10-8-5-9-12(13(14)15)11(10)7-4-2;/h5,8-9H,3-4,6-7H2,1-2H3,(H,14,15);1H3. The monoisotopic (exact) mass is 223 g/mol. The van der Waals surface area contributed by atoms with E-state index in [0.29, 0.717) is 5.56 Å². The Labute approximate surface area is 97.1 Å². The third-order valence-electron chi connectivity index (χ3n) is 2.52. The van der Waals surface area contributed by atoms with E-state index >= 15 is 0 Å². The van der Waals surface area contributed by atoms with Gasteiger partial charge < -0.3 is 11.3 Å². The summed E-state index contributed by atoms with van der Waals surface area (Å²) in [5.74, 6) is -0.809. The molecule has 90 valence electrons. The maximum Gasteiger partial charge on any atom is 0.335 e. The number of carboxylic acid groups (broad SMARTS) is 1. The molecule has 0 spiro atoms. The molecule has 0 unspecified atom stereocenters. The van der Waals surface area contributed by atoms with Crippen molar-refractivity contribution in [2.24, 2.45) is 0 Å². The van der Waals surface area contributed by atoms with Gasteiger partial charge in [-0.2, -0.15) is 0 Å². The van der Waals surface area contributed by atoms with Gasteiger partial charge in [-0.1, -0.05) is 38.8 Å². The zero-order valence-electron chi connectivity index (χ0n) is 10.1. The molecule has 3 heteroatoms. The summed E-state index contributed by atoms with van der Waals surface area (Å²) in [6, 6.07) is 5.58. The largest absolute Gasteiger partial charge is 0.478 e. The minimum atomic E-state index is -0.809. The van der Waals surface area contributed by atoms with E-state index in [2.05, 4.69) is 13.8 Å². The number of aryl methyl sites for hydroxylation is 1. The van der Waals surface area contributed by atoms with Gasteiger partial charge in [0.2, 0.25) is 0 Å². The molecular weight excluding hydrogens is 202 g/mol. The summed E-state index contributed by atoms with van der Waals surface area (Å²) in [5.41, 5.74) is 2.69. The Morgan fingerprint density at radius 2 is 1.81 bits per heavy atom. The molecule has 0 aliphatic carbocycles. The lowest BCUT2D eigenvalue weighted by molar-refractivity contribution is 0.0695. The third-order valence-corrected chi connectivity index (χ3v) is 2.52. The highest BCUT2D eigenvalue weighted by molar-refractivity contribution is 5.89. The van der Waals surface area contributed by atoms with Crippen LogP contribution >= 0.6 is 0 Å². The van der Waals surface area contributed by atoms with Crippen LogP contribution in [0.4, 0.5) is 0 Å². The van der Waals surface area contributed by atoms with Gasteiger partial charge in [0.15, 0.2) is 0 Å². The molecule has 3 nitrogen and oxygen atoms in total. The van der Waals surface area contributed by atoms with Gasteiger partial charge in [0.1, 0.15) is 0 Å². The molecule has 1 aromatic carbocycles. The molecule has 4 N–H and O–H groups in total. The van der Waals surface area contributed by atoms with Crippen molar-refractivity contribution in [1.82, 2.24) is 6.15 Å². The lowest BCUT2D eigenvalue weighted by atomic mass is 9.94. The second-order valence-corrected chi connectivity index (χ2v) is 3.75. The van der Waals surface area contributed by atoms with Gasteiger partial charge in [-0.15, -0.1) is 0 Å². The van der Waals surface area contributed by atoms with Crippen LogP contribution in [0.25, 0.3) is 0 Å². The predicted molar refractivity (Wildman–Crippen MR) is 66.4 cm³/mol. The van der Waals surface area contributed by atoms with Gasteiger partial charge >= 0.3 is 5.97 Å². The van der Waals surface area contributed by atoms with Crippen LogP contribution in [-0.2, 0) is 12.8 Å². The van der Waals surface area contributed by atoms with Gasteiger partial charge in [-0.05, 0) is 30.0 Å². The minimum absolute atomic E-state index is 0. The molecule has 0 aliphatic heterocycles. The Kier molecular flexibility index (Phi) is 6.42. The zero-order valence-corrected chi connectivity index (χ0v) is 10.1. The summed E-state index contributed by atoms with van der Waals surface area (Å²) in [4.78, 5) is 11.1. The zero-order chi connectivity index (χ0) is 11.3. The minimum Gasteiger partial charge on any atom is -0.478 e. The number of hydrogen-bond acceptors (Lipinski definition) is 2. The van der Waals surface area contributed by atoms with Crippen molar-refractivity contribution >= 4 is 5.97 Å². The summed E-state index contributed by atoms with van der Waals surface area (Å²) < 4.78 is 0. The lowest BCUT2D eigenvalue weighted by Gasteiger charge is -2.10. The van der Waals surface area contributed by atoms with Gasteiger partial charge in [0.25, 0.3) is 0 Å². The second-order valence-electron chi connectivity index (χ2n) is 3.75. The van der Waals surface area contributed by atoms with Crippen molar-refractivity contribution in [2.75, 3.05) is 0 Å².